The lowest BCUT2D eigenvalue weighted by Crippen LogP contribution is -2.13. The van der Waals surface area contributed by atoms with Crippen LogP contribution in [0.25, 0.3) is 21.9 Å². The van der Waals surface area contributed by atoms with Crippen LogP contribution in [0.5, 0.6) is 0 Å². The zero-order chi connectivity index (χ0) is 13.5. The van der Waals surface area contributed by atoms with E-state index in [1.54, 1.807) is 0 Å². The molecule has 1 heterocycles. The number of fused-ring (bicyclic) bond motifs is 2. The summed E-state index contributed by atoms with van der Waals surface area (Å²) in [4.78, 5) is 12.2. The Morgan fingerprint density at radius 3 is 2.45 bits per heavy atom. The van der Waals surface area contributed by atoms with Gasteiger partial charge in [0, 0.05) is 12.1 Å². The molecule has 4 rings (SSSR count). The van der Waals surface area contributed by atoms with Crippen molar-refractivity contribution < 1.29 is 4.79 Å². The van der Waals surface area contributed by atoms with Crippen molar-refractivity contribution in [1.82, 2.24) is 5.32 Å². The molecule has 0 unspecified atom stereocenters. The molecule has 1 aliphatic rings. The van der Waals surface area contributed by atoms with E-state index < -0.39 is 0 Å². The van der Waals surface area contributed by atoms with Crippen molar-refractivity contribution in [2.24, 2.45) is 0 Å². The second kappa shape index (κ2) is 4.20. The Morgan fingerprint density at radius 1 is 0.850 bits per heavy atom. The normalized spacial score (nSPS) is 13.3. The first kappa shape index (κ1) is 11.2. The summed E-state index contributed by atoms with van der Waals surface area (Å²) in [6.45, 7) is 0.624. The molecular weight excluding hydrogens is 246 g/mol. The summed E-state index contributed by atoms with van der Waals surface area (Å²) in [5.41, 5.74) is 4.06. The van der Waals surface area contributed by atoms with Crippen molar-refractivity contribution in [3.8, 4) is 11.1 Å². The van der Waals surface area contributed by atoms with Gasteiger partial charge in [-0.15, -0.1) is 0 Å². The van der Waals surface area contributed by atoms with E-state index in [4.69, 9.17) is 0 Å². The summed E-state index contributed by atoms with van der Waals surface area (Å²) < 4.78 is 0. The fourth-order valence-corrected chi connectivity index (χ4v) is 2.97. The Labute approximate surface area is 117 Å². The molecule has 3 aromatic carbocycles. The van der Waals surface area contributed by atoms with Crippen LogP contribution in [0.3, 0.4) is 0 Å². The number of nitrogens with one attached hydrogen (secondary N) is 1. The maximum absolute atomic E-state index is 12.2. The minimum atomic E-state index is 0.0320. The van der Waals surface area contributed by atoms with E-state index in [1.807, 2.05) is 30.3 Å². The Hall–Kier alpha value is -2.61. The molecule has 3 aromatic rings. The molecule has 1 N–H and O–H groups in total. The van der Waals surface area contributed by atoms with Crippen LogP contribution in [-0.4, -0.2) is 5.91 Å². The molecule has 0 saturated carbocycles. The van der Waals surface area contributed by atoms with Crippen molar-refractivity contribution in [1.29, 1.82) is 0 Å². The molecule has 0 aliphatic carbocycles. The van der Waals surface area contributed by atoms with Gasteiger partial charge in [0.1, 0.15) is 0 Å². The second-order valence-electron chi connectivity index (χ2n) is 5.06. The first-order chi connectivity index (χ1) is 9.84. The maximum Gasteiger partial charge on any atom is 0.252 e. The third kappa shape index (κ3) is 1.55. The lowest BCUT2D eigenvalue weighted by atomic mass is 9.91. The van der Waals surface area contributed by atoms with E-state index in [9.17, 15) is 4.79 Å². The van der Waals surface area contributed by atoms with E-state index >= 15 is 0 Å². The van der Waals surface area contributed by atoms with Gasteiger partial charge in [-0.25, -0.2) is 0 Å². The van der Waals surface area contributed by atoms with Crippen LogP contribution in [0.1, 0.15) is 15.9 Å². The summed E-state index contributed by atoms with van der Waals surface area (Å²) in [5.74, 6) is 0.0320. The smallest absolute Gasteiger partial charge is 0.252 e. The Balaban J connectivity index is 2.17. The number of benzene rings is 3. The van der Waals surface area contributed by atoms with Gasteiger partial charge in [0.05, 0.1) is 5.56 Å². The standard InChI is InChI=1S/C18H13NO/c20-18-17-14(11-19-18)10-13-8-4-5-9-15(13)16(17)12-6-2-1-3-7-12/h1-10H,11H2,(H,19,20). The van der Waals surface area contributed by atoms with Crippen LogP contribution < -0.4 is 5.32 Å². The molecule has 0 spiro atoms. The molecule has 2 heteroatoms. The minimum Gasteiger partial charge on any atom is -0.348 e. The summed E-state index contributed by atoms with van der Waals surface area (Å²) in [6.07, 6.45) is 0. The van der Waals surface area contributed by atoms with Crippen LogP contribution in [0.15, 0.2) is 60.7 Å². The van der Waals surface area contributed by atoms with Crippen molar-refractivity contribution >= 4 is 16.7 Å². The topological polar surface area (TPSA) is 29.1 Å². The van der Waals surface area contributed by atoms with Crippen LogP contribution in [0, 0.1) is 0 Å². The monoisotopic (exact) mass is 259 g/mol. The average molecular weight is 259 g/mol. The summed E-state index contributed by atoms with van der Waals surface area (Å²) in [6, 6.07) is 20.5. The van der Waals surface area contributed by atoms with Crippen LogP contribution in [0.2, 0.25) is 0 Å². The van der Waals surface area contributed by atoms with Gasteiger partial charge in [-0.05, 0) is 28.0 Å². The first-order valence-corrected chi connectivity index (χ1v) is 6.73. The largest absolute Gasteiger partial charge is 0.348 e. The minimum absolute atomic E-state index is 0.0320. The van der Waals surface area contributed by atoms with E-state index in [-0.39, 0.29) is 5.91 Å². The third-order valence-corrected chi connectivity index (χ3v) is 3.86. The predicted octanol–water partition coefficient (Wildman–Crippen LogP) is 3.75. The van der Waals surface area contributed by atoms with E-state index in [0.29, 0.717) is 6.54 Å². The highest BCUT2D eigenvalue weighted by Gasteiger charge is 2.25. The zero-order valence-electron chi connectivity index (χ0n) is 10.9. The van der Waals surface area contributed by atoms with Gasteiger partial charge in [0.2, 0.25) is 0 Å². The fraction of sp³-hybridized carbons (Fsp3) is 0.0556. The summed E-state index contributed by atoms with van der Waals surface area (Å²) in [5, 5.41) is 5.25. The number of hydrogen-bond acceptors (Lipinski definition) is 1. The summed E-state index contributed by atoms with van der Waals surface area (Å²) in [7, 11) is 0. The number of amides is 1. The molecule has 0 bridgehead atoms. The van der Waals surface area contributed by atoms with E-state index in [0.717, 1.165) is 27.6 Å². The Bertz CT molecular complexity index is 821. The molecule has 2 nitrogen and oxygen atoms in total. The van der Waals surface area contributed by atoms with Gasteiger partial charge >= 0.3 is 0 Å². The summed E-state index contributed by atoms with van der Waals surface area (Å²) >= 11 is 0. The van der Waals surface area contributed by atoms with Crippen LogP contribution in [-0.2, 0) is 6.54 Å². The fourth-order valence-electron chi connectivity index (χ4n) is 2.97. The zero-order valence-corrected chi connectivity index (χ0v) is 10.9. The van der Waals surface area contributed by atoms with Crippen molar-refractivity contribution in [3.63, 3.8) is 0 Å². The Kier molecular flexibility index (Phi) is 2.36. The number of rotatable bonds is 1. The van der Waals surface area contributed by atoms with Crippen LogP contribution in [0.4, 0.5) is 0 Å². The van der Waals surface area contributed by atoms with Gasteiger partial charge in [-0.3, -0.25) is 4.79 Å². The highest BCUT2D eigenvalue weighted by atomic mass is 16.1. The maximum atomic E-state index is 12.2. The molecule has 1 amide bonds. The van der Waals surface area contributed by atoms with Crippen molar-refractivity contribution in [2.45, 2.75) is 6.54 Å². The molecule has 0 aromatic heterocycles. The number of carbonyl (C=O) groups is 1. The third-order valence-electron chi connectivity index (χ3n) is 3.86. The van der Waals surface area contributed by atoms with Gasteiger partial charge in [-0.1, -0.05) is 54.6 Å². The molecule has 0 fully saturated rings. The quantitative estimate of drug-likeness (QED) is 0.708. The first-order valence-electron chi connectivity index (χ1n) is 6.73. The molecule has 1 aliphatic heterocycles. The van der Waals surface area contributed by atoms with E-state index in [2.05, 4.69) is 35.6 Å². The predicted molar refractivity (Wildman–Crippen MR) is 80.6 cm³/mol. The average Bonchev–Trinajstić information content (AvgIpc) is 2.87. The van der Waals surface area contributed by atoms with Gasteiger partial charge in [0.25, 0.3) is 5.91 Å². The molecule has 0 atom stereocenters. The van der Waals surface area contributed by atoms with Gasteiger partial charge in [0.15, 0.2) is 0 Å². The highest BCUT2D eigenvalue weighted by Crippen LogP contribution is 2.36. The molecule has 20 heavy (non-hydrogen) atoms. The van der Waals surface area contributed by atoms with Gasteiger partial charge in [-0.2, -0.15) is 0 Å². The molecule has 0 radical (unpaired) electrons. The number of carbonyl (C=O) groups excluding carboxylic acids is 1. The highest BCUT2D eigenvalue weighted by molar-refractivity contribution is 6.12. The number of hydrogen-bond donors (Lipinski definition) is 1. The second-order valence-corrected chi connectivity index (χ2v) is 5.06. The molecule has 0 saturated heterocycles. The van der Waals surface area contributed by atoms with Crippen LogP contribution >= 0.6 is 0 Å². The molecular formula is C18H13NO. The van der Waals surface area contributed by atoms with Gasteiger partial charge < -0.3 is 5.32 Å². The molecule has 96 valence electrons. The Morgan fingerprint density at radius 2 is 1.60 bits per heavy atom. The lowest BCUT2D eigenvalue weighted by Gasteiger charge is -2.11. The van der Waals surface area contributed by atoms with Crippen molar-refractivity contribution in [3.05, 3.63) is 71.8 Å². The van der Waals surface area contributed by atoms with E-state index in [1.165, 1.54) is 5.39 Å². The SMILES string of the molecule is O=C1NCc2cc3ccccc3c(-c3ccccc3)c21. The van der Waals surface area contributed by atoms with Crippen molar-refractivity contribution in [2.75, 3.05) is 0 Å². The lowest BCUT2D eigenvalue weighted by molar-refractivity contribution is 0.0966.